The Bertz CT molecular complexity index is 521. The van der Waals surface area contributed by atoms with Crippen LogP contribution in [0.2, 0.25) is 0 Å². The van der Waals surface area contributed by atoms with Crippen molar-refractivity contribution in [3.05, 3.63) is 27.3 Å². The third-order valence-corrected chi connectivity index (χ3v) is 4.17. The lowest BCUT2D eigenvalue weighted by Crippen LogP contribution is -2.25. The monoisotopic (exact) mass is 282 g/mol. The van der Waals surface area contributed by atoms with Gasteiger partial charge in [-0.05, 0) is 28.8 Å². The second kappa shape index (κ2) is 5.83. The summed E-state index contributed by atoms with van der Waals surface area (Å²) < 4.78 is 0. The van der Waals surface area contributed by atoms with Gasteiger partial charge >= 0.3 is 0 Å². The summed E-state index contributed by atoms with van der Waals surface area (Å²) in [7, 11) is 1.75. The van der Waals surface area contributed by atoms with Crippen molar-refractivity contribution in [3.8, 4) is 0 Å². The summed E-state index contributed by atoms with van der Waals surface area (Å²) in [6, 6.07) is 2.05. The fourth-order valence-electron chi connectivity index (χ4n) is 1.44. The van der Waals surface area contributed by atoms with E-state index in [4.69, 9.17) is 5.73 Å². The number of nitrogen functional groups attached to an aromatic ring is 1. The maximum absolute atomic E-state index is 11.9. The summed E-state index contributed by atoms with van der Waals surface area (Å²) in [6.45, 7) is 0.599. The molecule has 0 unspecified atom stereocenters. The van der Waals surface area contributed by atoms with Gasteiger partial charge in [0.15, 0.2) is 5.13 Å². The average Bonchev–Trinajstić information content (AvgIpc) is 2.98. The summed E-state index contributed by atoms with van der Waals surface area (Å²) in [5.41, 5.74) is 6.91. The number of hydrogen-bond donors (Lipinski definition) is 3. The highest BCUT2D eigenvalue weighted by atomic mass is 32.1. The lowest BCUT2D eigenvalue weighted by Gasteiger charge is -2.02. The smallest absolute Gasteiger partial charge is 0.265 e. The minimum absolute atomic E-state index is 0.165. The van der Waals surface area contributed by atoms with Crippen LogP contribution in [0.3, 0.4) is 0 Å². The van der Waals surface area contributed by atoms with Gasteiger partial charge in [0.1, 0.15) is 10.7 Å². The number of nitrogens with zero attached hydrogens (tertiary/aromatic N) is 1. The minimum Gasteiger partial charge on any atom is -0.382 e. The van der Waals surface area contributed by atoms with Crippen LogP contribution in [-0.2, 0) is 6.42 Å². The fraction of sp³-hybridized carbons (Fsp3) is 0.273. The number of nitrogens with two attached hydrogens (primary N) is 1. The maximum atomic E-state index is 11.9. The van der Waals surface area contributed by atoms with Crippen LogP contribution in [0.5, 0.6) is 0 Å². The molecule has 0 aromatic carbocycles. The third-order valence-electron chi connectivity index (χ3n) is 2.35. The van der Waals surface area contributed by atoms with Crippen molar-refractivity contribution < 1.29 is 4.79 Å². The van der Waals surface area contributed by atoms with E-state index in [1.807, 2.05) is 5.38 Å². The predicted molar refractivity (Wildman–Crippen MR) is 76.4 cm³/mol. The normalized spacial score (nSPS) is 10.3. The highest BCUT2D eigenvalue weighted by molar-refractivity contribution is 7.18. The van der Waals surface area contributed by atoms with Crippen LogP contribution in [-0.4, -0.2) is 24.5 Å². The number of nitrogens with one attached hydrogen (secondary N) is 2. The van der Waals surface area contributed by atoms with Gasteiger partial charge in [-0.15, -0.1) is 0 Å². The van der Waals surface area contributed by atoms with Crippen LogP contribution >= 0.6 is 22.7 Å². The van der Waals surface area contributed by atoms with Gasteiger partial charge in [-0.2, -0.15) is 11.3 Å². The number of anilines is 2. The molecular weight excluding hydrogens is 268 g/mol. The van der Waals surface area contributed by atoms with E-state index in [0.29, 0.717) is 16.6 Å². The molecule has 96 valence electrons. The Morgan fingerprint density at radius 2 is 2.39 bits per heavy atom. The Hall–Kier alpha value is -1.60. The Labute approximate surface area is 113 Å². The van der Waals surface area contributed by atoms with E-state index in [-0.39, 0.29) is 11.7 Å². The standard InChI is InChI=1S/C11H14N4OS2/c1-13-11-15-9(12)8(18-11)10(16)14-4-2-7-3-5-17-6-7/h3,5-6H,2,4,12H2,1H3,(H,13,15)(H,14,16). The van der Waals surface area contributed by atoms with Crippen molar-refractivity contribution in [1.29, 1.82) is 0 Å². The number of aromatic nitrogens is 1. The molecule has 2 heterocycles. The predicted octanol–water partition coefficient (Wildman–Crippen LogP) is 1.80. The molecule has 5 nitrogen and oxygen atoms in total. The summed E-state index contributed by atoms with van der Waals surface area (Å²) in [5.74, 6) is 0.110. The van der Waals surface area contributed by atoms with E-state index in [0.717, 1.165) is 6.42 Å². The molecule has 1 amide bonds. The molecule has 2 rings (SSSR count). The Balaban J connectivity index is 1.89. The van der Waals surface area contributed by atoms with Crippen molar-refractivity contribution in [3.63, 3.8) is 0 Å². The Morgan fingerprint density at radius 1 is 1.56 bits per heavy atom. The van der Waals surface area contributed by atoms with Crippen LogP contribution in [0.25, 0.3) is 0 Å². The lowest BCUT2D eigenvalue weighted by atomic mass is 10.2. The zero-order valence-corrected chi connectivity index (χ0v) is 11.5. The number of hydrogen-bond acceptors (Lipinski definition) is 6. The molecule has 18 heavy (non-hydrogen) atoms. The molecule has 7 heteroatoms. The number of amides is 1. The first-order valence-corrected chi connectivity index (χ1v) is 7.20. The number of carbonyl (C=O) groups excluding carboxylic acids is 1. The van der Waals surface area contributed by atoms with Crippen molar-refractivity contribution in [2.75, 3.05) is 24.6 Å². The van der Waals surface area contributed by atoms with E-state index in [1.54, 1.807) is 18.4 Å². The van der Waals surface area contributed by atoms with Crippen LogP contribution in [0.1, 0.15) is 15.2 Å². The largest absolute Gasteiger partial charge is 0.382 e. The highest BCUT2D eigenvalue weighted by Crippen LogP contribution is 2.24. The quantitative estimate of drug-likeness (QED) is 0.781. The first-order chi connectivity index (χ1) is 8.70. The van der Waals surface area contributed by atoms with Crippen LogP contribution in [0.4, 0.5) is 10.9 Å². The van der Waals surface area contributed by atoms with E-state index < -0.39 is 0 Å². The van der Waals surface area contributed by atoms with E-state index >= 15 is 0 Å². The van der Waals surface area contributed by atoms with Crippen molar-refractivity contribution >= 4 is 39.5 Å². The molecule has 2 aromatic rings. The van der Waals surface area contributed by atoms with Crippen LogP contribution < -0.4 is 16.4 Å². The molecule has 0 atom stereocenters. The van der Waals surface area contributed by atoms with Gasteiger partial charge in [0.25, 0.3) is 5.91 Å². The van der Waals surface area contributed by atoms with Gasteiger partial charge in [-0.25, -0.2) is 4.98 Å². The van der Waals surface area contributed by atoms with Gasteiger partial charge in [-0.1, -0.05) is 11.3 Å². The SMILES string of the molecule is CNc1nc(N)c(C(=O)NCCc2ccsc2)s1. The molecule has 0 aliphatic heterocycles. The number of rotatable bonds is 5. The maximum Gasteiger partial charge on any atom is 0.265 e. The topological polar surface area (TPSA) is 80.0 Å². The van der Waals surface area contributed by atoms with Crippen LogP contribution in [0, 0.1) is 0 Å². The second-order valence-corrected chi connectivity index (χ2v) is 5.40. The van der Waals surface area contributed by atoms with Gasteiger partial charge in [-0.3, -0.25) is 4.79 Å². The molecule has 4 N–H and O–H groups in total. The summed E-state index contributed by atoms with van der Waals surface area (Å²) in [5, 5.41) is 10.5. The van der Waals surface area contributed by atoms with E-state index in [2.05, 4.69) is 27.1 Å². The molecule has 0 saturated carbocycles. The molecule has 0 spiro atoms. The van der Waals surface area contributed by atoms with Gasteiger partial charge in [0.05, 0.1) is 0 Å². The van der Waals surface area contributed by atoms with Crippen LogP contribution in [0.15, 0.2) is 16.8 Å². The average molecular weight is 282 g/mol. The third kappa shape index (κ3) is 2.99. The molecule has 0 fully saturated rings. The number of thiazole rings is 1. The molecule has 0 radical (unpaired) electrons. The zero-order valence-electron chi connectivity index (χ0n) is 9.90. The number of thiophene rings is 1. The van der Waals surface area contributed by atoms with Gasteiger partial charge in [0.2, 0.25) is 0 Å². The lowest BCUT2D eigenvalue weighted by molar-refractivity contribution is 0.0959. The molecule has 0 bridgehead atoms. The summed E-state index contributed by atoms with van der Waals surface area (Å²) >= 11 is 2.91. The molecular formula is C11H14N4OS2. The minimum atomic E-state index is -0.165. The van der Waals surface area contributed by atoms with E-state index in [9.17, 15) is 4.79 Å². The first-order valence-electron chi connectivity index (χ1n) is 5.44. The van der Waals surface area contributed by atoms with Crippen molar-refractivity contribution in [2.45, 2.75) is 6.42 Å². The molecule has 0 aliphatic rings. The van der Waals surface area contributed by atoms with Crippen molar-refractivity contribution in [2.24, 2.45) is 0 Å². The molecule has 2 aromatic heterocycles. The highest BCUT2D eigenvalue weighted by Gasteiger charge is 2.14. The van der Waals surface area contributed by atoms with Gasteiger partial charge < -0.3 is 16.4 Å². The zero-order chi connectivity index (χ0) is 13.0. The van der Waals surface area contributed by atoms with Crippen molar-refractivity contribution in [1.82, 2.24) is 10.3 Å². The van der Waals surface area contributed by atoms with Gasteiger partial charge in [0, 0.05) is 13.6 Å². The Morgan fingerprint density at radius 3 is 3.00 bits per heavy atom. The number of carbonyl (C=O) groups is 1. The summed E-state index contributed by atoms with van der Waals surface area (Å²) in [4.78, 5) is 16.4. The second-order valence-electron chi connectivity index (χ2n) is 3.62. The molecule has 0 aliphatic carbocycles. The first kappa shape index (κ1) is 12.8. The Kier molecular flexibility index (Phi) is 4.16. The summed E-state index contributed by atoms with van der Waals surface area (Å²) in [6.07, 6.45) is 0.826. The molecule has 0 saturated heterocycles. The van der Waals surface area contributed by atoms with E-state index in [1.165, 1.54) is 16.9 Å². The fourth-order valence-corrected chi connectivity index (χ4v) is 2.89.